The van der Waals surface area contributed by atoms with E-state index in [9.17, 15) is 17.6 Å². The molecule has 3 aliphatic rings. The molecule has 2 saturated heterocycles. The lowest BCUT2D eigenvalue weighted by Gasteiger charge is -2.34. The third-order valence-electron chi connectivity index (χ3n) is 9.18. The monoisotopic (exact) mass is 669 g/mol. The number of alkyl halides is 4. The van der Waals surface area contributed by atoms with E-state index in [0.717, 1.165) is 44.5 Å². The zero-order chi connectivity index (χ0) is 33.0. The van der Waals surface area contributed by atoms with Gasteiger partial charge in [-0.1, -0.05) is 11.6 Å². The number of rotatable bonds is 8. The van der Waals surface area contributed by atoms with E-state index in [2.05, 4.69) is 14.9 Å². The van der Waals surface area contributed by atoms with Crippen molar-refractivity contribution in [1.29, 1.82) is 0 Å². The van der Waals surface area contributed by atoms with Crippen LogP contribution in [-0.4, -0.2) is 96.0 Å². The number of hydrogen-bond donors (Lipinski definition) is 1. The van der Waals surface area contributed by atoms with Gasteiger partial charge in [-0.3, -0.25) is 4.90 Å². The number of nitrogens with zero attached hydrogens (tertiary/aromatic N) is 6. The molecular weight excluding hydrogens is 633 g/mol. The average molecular weight is 670 g/mol. The minimum Gasteiger partial charge on any atom is -0.477 e. The highest BCUT2D eigenvalue weighted by Gasteiger charge is 2.49. The van der Waals surface area contributed by atoms with Crippen LogP contribution in [0.3, 0.4) is 0 Å². The first kappa shape index (κ1) is 32.7. The summed E-state index contributed by atoms with van der Waals surface area (Å²) in [6, 6.07) is 1.68. The summed E-state index contributed by atoms with van der Waals surface area (Å²) >= 11 is 6.02. The fourth-order valence-corrected chi connectivity index (χ4v) is 7.32. The SMILES string of the molecule is C[C@@H]1CCOc2nc(-c3cc(N)cc(Cl)c3C(F)(F)F)c(F)c3nc(OC[C@@]45CCCN4C[C@H](F)C5)nc(c23)N1CCCN(C)C. The number of pyridine rings is 1. The Balaban J connectivity index is 1.54. The third-order valence-corrected chi connectivity index (χ3v) is 9.48. The van der Waals surface area contributed by atoms with E-state index >= 15 is 4.39 Å². The lowest BCUT2D eigenvalue weighted by molar-refractivity contribution is -0.137. The highest BCUT2D eigenvalue weighted by atomic mass is 35.5. The van der Waals surface area contributed by atoms with Gasteiger partial charge < -0.3 is 25.0 Å². The summed E-state index contributed by atoms with van der Waals surface area (Å²) in [5, 5.41) is -0.567. The molecule has 0 spiro atoms. The molecule has 2 fully saturated rings. The Hall–Kier alpha value is -3.23. The van der Waals surface area contributed by atoms with Gasteiger partial charge in [-0.2, -0.15) is 23.1 Å². The molecule has 250 valence electrons. The van der Waals surface area contributed by atoms with Gasteiger partial charge in [0.2, 0.25) is 5.88 Å². The topological polar surface area (TPSA) is 92.9 Å². The van der Waals surface area contributed by atoms with Gasteiger partial charge in [0.1, 0.15) is 35.2 Å². The fourth-order valence-electron chi connectivity index (χ4n) is 6.98. The van der Waals surface area contributed by atoms with Crippen molar-refractivity contribution < 1.29 is 31.4 Å². The van der Waals surface area contributed by atoms with Crippen molar-refractivity contribution in [2.24, 2.45) is 0 Å². The van der Waals surface area contributed by atoms with Crippen LogP contribution in [0.15, 0.2) is 12.1 Å². The summed E-state index contributed by atoms with van der Waals surface area (Å²) in [4.78, 5) is 19.6. The van der Waals surface area contributed by atoms with E-state index in [1.54, 1.807) is 0 Å². The molecule has 0 unspecified atom stereocenters. The second-order valence-electron chi connectivity index (χ2n) is 12.8. The molecule has 6 rings (SSSR count). The number of halogens is 6. The summed E-state index contributed by atoms with van der Waals surface area (Å²) in [6.07, 6.45) is -2.72. The van der Waals surface area contributed by atoms with Gasteiger partial charge in [0.15, 0.2) is 5.82 Å². The Kier molecular flexibility index (Phi) is 8.83. The molecule has 9 nitrogen and oxygen atoms in total. The quantitative estimate of drug-likeness (QED) is 0.230. The Morgan fingerprint density at radius 2 is 2.00 bits per heavy atom. The van der Waals surface area contributed by atoms with Crippen LogP contribution in [0.4, 0.5) is 33.5 Å². The number of fused-ring (bicyclic) bond motifs is 1. The van der Waals surface area contributed by atoms with Crippen LogP contribution >= 0.6 is 11.6 Å². The second kappa shape index (κ2) is 12.4. The van der Waals surface area contributed by atoms with Crippen LogP contribution in [0.2, 0.25) is 5.02 Å². The summed E-state index contributed by atoms with van der Waals surface area (Å²) < 4.78 is 86.1. The lowest BCUT2D eigenvalue weighted by atomic mass is 9.95. The van der Waals surface area contributed by atoms with Crippen LogP contribution in [0.1, 0.15) is 44.6 Å². The Morgan fingerprint density at radius 3 is 2.74 bits per heavy atom. The first-order valence-electron chi connectivity index (χ1n) is 15.4. The van der Waals surface area contributed by atoms with Crippen LogP contribution in [0, 0.1) is 5.82 Å². The molecular formula is C31H37ClF5N7O2. The smallest absolute Gasteiger partial charge is 0.418 e. The first-order valence-corrected chi connectivity index (χ1v) is 15.8. The molecule has 0 radical (unpaired) electrons. The van der Waals surface area contributed by atoms with Gasteiger partial charge in [0.25, 0.3) is 0 Å². The predicted molar refractivity (Wildman–Crippen MR) is 166 cm³/mol. The normalized spacial score (nSPS) is 23.5. The van der Waals surface area contributed by atoms with E-state index in [0.29, 0.717) is 31.7 Å². The van der Waals surface area contributed by atoms with Crippen molar-refractivity contribution in [3.63, 3.8) is 0 Å². The predicted octanol–water partition coefficient (Wildman–Crippen LogP) is 5.97. The summed E-state index contributed by atoms with van der Waals surface area (Å²) in [6.45, 7) is 4.63. The van der Waals surface area contributed by atoms with Crippen molar-refractivity contribution in [2.75, 3.05) is 64.1 Å². The van der Waals surface area contributed by atoms with Crippen molar-refractivity contribution in [1.82, 2.24) is 24.8 Å². The van der Waals surface area contributed by atoms with E-state index in [1.165, 1.54) is 0 Å². The van der Waals surface area contributed by atoms with Gasteiger partial charge in [-0.05, 0) is 65.5 Å². The summed E-state index contributed by atoms with van der Waals surface area (Å²) in [5.41, 5.74) is 2.35. The number of aromatic nitrogens is 3. The standard InChI is InChI=1S/C31H37ClF5N7O2/c1-17-6-11-45-28-22-26(24(34)25(39-28)20-12-19(38)13-21(32)23(20)31(35,36)37)40-29(41-27(22)44(17)10-5-8-42(2)3)46-16-30-7-4-9-43(30)15-18(33)14-30/h12-13,17-18H,4-11,14-16,38H2,1-3H3/t17-,18-,30+/m1/s1. The van der Waals surface area contributed by atoms with E-state index in [-0.39, 0.29) is 47.7 Å². The van der Waals surface area contributed by atoms with Gasteiger partial charge in [0.05, 0.1) is 22.7 Å². The fraction of sp³-hybridized carbons (Fsp3) is 0.581. The Labute approximate surface area is 268 Å². The summed E-state index contributed by atoms with van der Waals surface area (Å²) in [7, 11) is 3.93. The average Bonchev–Trinajstić information content (AvgIpc) is 3.48. The van der Waals surface area contributed by atoms with Gasteiger partial charge in [-0.25, -0.2) is 13.8 Å². The zero-order valence-electron chi connectivity index (χ0n) is 25.9. The van der Waals surface area contributed by atoms with E-state index < -0.39 is 45.5 Å². The number of nitrogens with two attached hydrogens (primary N) is 1. The van der Waals surface area contributed by atoms with Crippen molar-refractivity contribution >= 4 is 34.0 Å². The number of anilines is 2. The van der Waals surface area contributed by atoms with E-state index in [4.69, 9.17) is 31.8 Å². The van der Waals surface area contributed by atoms with Gasteiger partial charge >= 0.3 is 12.2 Å². The Bertz CT molecular complexity index is 1630. The zero-order valence-corrected chi connectivity index (χ0v) is 26.7. The molecule has 15 heteroatoms. The molecule has 3 aromatic rings. The number of ether oxygens (including phenoxy) is 2. The molecule has 0 amide bonds. The molecule has 46 heavy (non-hydrogen) atoms. The molecule has 3 aliphatic heterocycles. The van der Waals surface area contributed by atoms with Crippen molar-refractivity contribution in [3.8, 4) is 23.1 Å². The molecule has 1 aromatic carbocycles. The van der Waals surface area contributed by atoms with Crippen molar-refractivity contribution in [3.05, 3.63) is 28.5 Å². The maximum atomic E-state index is 16.7. The maximum absolute atomic E-state index is 16.7. The van der Waals surface area contributed by atoms with Crippen LogP contribution in [0.25, 0.3) is 22.2 Å². The molecule has 2 aromatic heterocycles. The number of hydrogen-bond acceptors (Lipinski definition) is 9. The summed E-state index contributed by atoms with van der Waals surface area (Å²) in [5.74, 6) is -0.938. The molecule has 0 bridgehead atoms. The molecule has 2 N–H and O–H groups in total. The highest BCUT2D eigenvalue weighted by Crippen LogP contribution is 2.46. The highest BCUT2D eigenvalue weighted by molar-refractivity contribution is 6.32. The van der Waals surface area contributed by atoms with Crippen LogP contribution in [0.5, 0.6) is 11.9 Å². The van der Waals surface area contributed by atoms with Crippen LogP contribution < -0.4 is 20.1 Å². The van der Waals surface area contributed by atoms with Gasteiger partial charge in [0, 0.05) is 43.2 Å². The van der Waals surface area contributed by atoms with Crippen molar-refractivity contribution in [2.45, 2.75) is 63.0 Å². The lowest BCUT2D eigenvalue weighted by Crippen LogP contribution is -2.43. The third kappa shape index (κ3) is 6.11. The minimum atomic E-state index is -4.94. The van der Waals surface area contributed by atoms with Gasteiger partial charge in [-0.15, -0.1) is 0 Å². The van der Waals surface area contributed by atoms with E-state index in [1.807, 2.05) is 30.8 Å². The first-order chi connectivity index (χ1) is 21.8. The number of nitrogen functional groups attached to an aromatic ring is 1. The second-order valence-corrected chi connectivity index (χ2v) is 13.2. The number of benzene rings is 1. The molecule has 0 saturated carbocycles. The van der Waals surface area contributed by atoms with Crippen LogP contribution in [-0.2, 0) is 6.18 Å². The maximum Gasteiger partial charge on any atom is 0.418 e. The molecule has 3 atom stereocenters. The molecule has 0 aliphatic carbocycles. The minimum absolute atomic E-state index is 0.0838. The Morgan fingerprint density at radius 1 is 1.22 bits per heavy atom. The molecule has 5 heterocycles. The largest absolute Gasteiger partial charge is 0.477 e.